The Morgan fingerprint density at radius 2 is 1.33 bits per heavy atom. The van der Waals surface area contributed by atoms with Crippen molar-refractivity contribution in [3.63, 3.8) is 0 Å². The number of aliphatic hydroxyl groups is 2. The van der Waals surface area contributed by atoms with E-state index in [0.717, 1.165) is 0 Å². The van der Waals surface area contributed by atoms with E-state index in [-0.39, 0.29) is 11.5 Å². The van der Waals surface area contributed by atoms with Crippen molar-refractivity contribution in [3.8, 4) is 0 Å². The van der Waals surface area contributed by atoms with Gasteiger partial charge in [-0.15, -0.1) is 0 Å². The summed E-state index contributed by atoms with van der Waals surface area (Å²) in [6.07, 6.45) is -1.48. The number of thiol groups is 2. The van der Waals surface area contributed by atoms with Gasteiger partial charge >= 0.3 is 6.03 Å². The van der Waals surface area contributed by atoms with E-state index in [1.807, 2.05) is 0 Å². The van der Waals surface area contributed by atoms with Crippen molar-refractivity contribution in [2.75, 3.05) is 11.5 Å². The molecule has 5 nitrogen and oxygen atoms in total. The third-order valence-electron chi connectivity index (χ3n) is 0.818. The minimum absolute atomic E-state index is 0.279. The van der Waals surface area contributed by atoms with Crippen LogP contribution >= 0.6 is 25.3 Å². The molecule has 0 fully saturated rings. The maximum Gasteiger partial charge on any atom is 0.309 e. The Morgan fingerprint density at radius 1 is 1.17 bits per heavy atom. The van der Waals surface area contributed by atoms with E-state index in [1.54, 1.807) is 0 Å². The fraction of sp³-hybridized carbons (Fsp3) is 0.800. The molecule has 0 heterocycles. The largest absolute Gasteiger partial charge is 0.390 e. The van der Waals surface area contributed by atoms with Gasteiger partial charge in [0.25, 0.3) is 0 Å². The van der Waals surface area contributed by atoms with Gasteiger partial charge in [-0.1, -0.05) is 0 Å². The van der Waals surface area contributed by atoms with Gasteiger partial charge in [0.05, 0.1) is 12.2 Å². The molecule has 12 heavy (non-hydrogen) atoms. The molecule has 0 saturated heterocycles. The van der Waals surface area contributed by atoms with Gasteiger partial charge < -0.3 is 21.7 Å². The normalized spacial score (nSPS) is 14.0. The molecule has 7 heteroatoms. The zero-order valence-corrected chi connectivity index (χ0v) is 8.21. The molecular weight excluding hydrogens is 200 g/mol. The molecule has 0 rings (SSSR count). The van der Waals surface area contributed by atoms with Crippen molar-refractivity contribution in [2.24, 2.45) is 11.5 Å². The molecule has 0 aliphatic rings. The van der Waals surface area contributed by atoms with Crippen LogP contribution in [-0.4, -0.2) is 40.0 Å². The van der Waals surface area contributed by atoms with E-state index in [0.29, 0.717) is 0 Å². The number of primary amides is 2. The molecule has 0 spiro atoms. The number of nitrogens with two attached hydrogens (primary N) is 2. The molecule has 0 radical (unpaired) electrons. The third kappa shape index (κ3) is 12.6. The summed E-state index contributed by atoms with van der Waals surface area (Å²) in [4.78, 5) is 9.00. The summed E-state index contributed by atoms with van der Waals surface area (Å²) < 4.78 is 0. The van der Waals surface area contributed by atoms with Gasteiger partial charge in [-0.05, 0) is 0 Å². The number of aliphatic hydroxyl groups excluding tert-OH is 2. The number of amides is 2. The number of hydrogen-bond acceptors (Lipinski definition) is 5. The van der Waals surface area contributed by atoms with Crippen LogP contribution in [0.1, 0.15) is 0 Å². The highest BCUT2D eigenvalue weighted by Crippen LogP contribution is 1.96. The molecule has 0 aliphatic heterocycles. The van der Waals surface area contributed by atoms with Crippen LogP contribution in [0.4, 0.5) is 4.79 Å². The standard InChI is InChI=1S/C4H10O2S2.CH4N2O/c5-3(1-7)4(6)2-8;2-1(3)4/h3-8H,1-2H2;(H4,2,3,4). The zero-order valence-electron chi connectivity index (χ0n) is 6.42. The van der Waals surface area contributed by atoms with Crippen molar-refractivity contribution in [1.29, 1.82) is 0 Å². The molecule has 0 aromatic carbocycles. The van der Waals surface area contributed by atoms with E-state index in [1.165, 1.54) is 0 Å². The van der Waals surface area contributed by atoms with Crippen LogP contribution in [0.15, 0.2) is 0 Å². The molecule has 74 valence electrons. The monoisotopic (exact) mass is 214 g/mol. The number of rotatable bonds is 3. The molecule has 6 N–H and O–H groups in total. The Bertz CT molecular complexity index is 113. The van der Waals surface area contributed by atoms with Gasteiger partial charge in [-0.25, -0.2) is 4.79 Å². The minimum Gasteiger partial charge on any atom is -0.390 e. The number of urea groups is 1. The van der Waals surface area contributed by atoms with Crippen LogP contribution in [0.5, 0.6) is 0 Å². The first kappa shape index (κ1) is 14.4. The topological polar surface area (TPSA) is 110 Å². The maximum atomic E-state index is 9.00. The first-order valence-corrected chi connectivity index (χ1v) is 4.35. The average Bonchev–Trinajstić information content (AvgIpc) is 2.00. The zero-order chi connectivity index (χ0) is 10.1. The van der Waals surface area contributed by atoms with Crippen molar-refractivity contribution in [2.45, 2.75) is 12.2 Å². The van der Waals surface area contributed by atoms with Gasteiger partial charge in [0.15, 0.2) is 0 Å². The van der Waals surface area contributed by atoms with Crippen LogP contribution in [-0.2, 0) is 0 Å². The lowest BCUT2D eigenvalue weighted by Gasteiger charge is -2.11. The Labute approximate surface area is 81.9 Å². The lowest BCUT2D eigenvalue weighted by atomic mass is 10.3. The number of hydrogen-bond donors (Lipinski definition) is 6. The van der Waals surface area contributed by atoms with Crippen molar-refractivity contribution in [3.05, 3.63) is 0 Å². The molecule has 0 aliphatic carbocycles. The molecule has 0 saturated carbocycles. The summed E-state index contributed by atoms with van der Waals surface area (Å²) in [5, 5.41) is 17.5. The Balaban J connectivity index is 0. The van der Waals surface area contributed by atoms with Crippen LogP contribution in [0.25, 0.3) is 0 Å². The van der Waals surface area contributed by atoms with Crippen LogP contribution in [0, 0.1) is 0 Å². The van der Waals surface area contributed by atoms with E-state index in [9.17, 15) is 0 Å². The first-order valence-electron chi connectivity index (χ1n) is 3.08. The van der Waals surface area contributed by atoms with Crippen LogP contribution in [0.3, 0.4) is 0 Å². The van der Waals surface area contributed by atoms with Gasteiger partial charge in [0.2, 0.25) is 0 Å². The van der Waals surface area contributed by atoms with Gasteiger partial charge in [-0.2, -0.15) is 25.3 Å². The summed E-state index contributed by atoms with van der Waals surface area (Å²) in [6.45, 7) is 0. The highest BCUT2D eigenvalue weighted by atomic mass is 32.1. The summed E-state index contributed by atoms with van der Waals surface area (Å²) in [5.41, 5.74) is 8.50. The highest BCUT2D eigenvalue weighted by molar-refractivity contribution is 7.80. The van der Waals surface area contributed by atoms with Crippen LogP contribution in [0.2, 0.25) is 0 Å². The number of carbonyl (C=O) groups is 1. The molecule has 2 unspecified atom stereocenters. The van der Waals surface area contributed by atoms with E-state index in [2.05, 4.69) is 36.7 Å². The fourth-order valence-electron chi connectivity index (χ4n) is 0.243. The van der Waals surface area contributed by atoms with Gasteiger partial charge in [-0.3, -0.25) is 0 Å². The Morgan fingerprint density at radius 3 is 1.42 bits per heavy atom. The second-order valence-corrected chi connectivity index (χ2v) is 2.63. The van der Waals surface area contributed by atoms with E-state index in [4.69, 9.17) is 15.0 Å². The minimum atomic E-state index is -0.833. The van der Waals surface area contributed by atoms with E-state index >= 15 is 0 Å². The number of carbonyl (C=O) groups excluding carboxylic acids is 1. The van der Waals surface area contributed by atoms with Crippen molar-refractivity contribution < 1.29 is 15.0 Å². The lowest BCUT2D eigenvalue weighted by Crippen LogP contribution is -2.28. The molecular formula is C5H14N2O3S2. The summed E-state index contributed by atoms with van der Waals surface area (Å²) in [5.74, 6) is 0.559. The second kappa shape index (κ2) is 8.98. The van der Waals surface area contributed by atoms with Gasteiger partial charge in [0.1, 0.15) is 0 Å². The Hall–Kier alpha value is -0.110. The highest BCUT2D eigenvalue weighted by Gasteiger charge is 2.10. The predicted octanol–water partition coefficient (Wildman–Crippen LogP) is -1.41. The first-order chi connectivity index (χ1) is 5.45. The van der Waals surface area contributed by atoms with Crippen molar-refractivity contribution in [1.82, 2.24) is 0 Å². The van der Waals surface area contributed by atoms with Crippen molar-refractivity contribution >= 4 is 31.3 Å². The smallest absolute Gasteiger partial charge is 0.309 e. The predicted molar refractivity (Wildman–Crippen MR) is 53.5 cm³/mol. The summed E-state index contributed by atoms with van der Waals surface area (Å²) >= 11 is 7.53. The van der Waals surface area contributed by atoms with Gasteiger partial charge in [0, 0.05) is 11.5 Å². The summed E-state index contributed by atoms with van der Waals surface area (Å²) in [6, 6.07) is -0.833. The molecule has 2 amide bonds. The SMILES string of the molecule is NC(N)=O.OC(CS)C(O)CS. The average molecular weight is 214 g/mol. The summed E-state index contributed by atoms with van der Waals surface area (Å²) in [7, 11) is 0. The quantitative estimate of drug-likeness (QED) is 0.325. The van der Waals surface area contributed by atoms with E-state index < -0.39 is 18.2 Å². The second-order valence-electron chi connectivity index (χ2n) is 1.90. The third-order valence-corrected chi connectivity index (χ3v) is 1.57. The van der Waals surface area contributed by atoms with Crippen LogP contribution < -0.4 is 11.5 Å². The molecule has 0 bridgehead atoms. The lowest BCUT2D eigenvalue weighted by molar-refractivity contribution is 0.0504. The Kier molecular flexibility index (Phi) is 10.8. The molecule has 0 aromatic heterocycles. The maximum absolute atomic E-state index is 9.00. The fourth-order valence-corrected chi connectivity index (χ4v) is 0.730. The molecule has 0 aromatic rings. The molecule has 2 atom stereocenters.